The van der Waals surface area contributed by atoms with Gasteiger partial charge in [0.1, 0.15) is 0 Å². The first-order valence-corrected chi connectivity index (χ1v) is 9.61. The number of quaternary nitrogens is 1. The fourth-order valence-electron chi connectivity index (χ4n) is 3.39. The summed E-state index contributed by atoms with van der Waals surface area (Å²) >= 11 is 11.7. The van der Waals surface area contributed by atoms with Crippen molar-refractivity contribution >= 4 is 34.6 Å². The summed E-state index contributed by atoms with van der Waals surface area (Å²) in [5.41, 5.74) is 1.93. The van der Waals surface area contributed by atoms with Crippen LogP contribution in [0.25, 0.3) is 0 Å². The quantitative estimate of drug-likeness (QED) is 0.698. The van der Waals surface area contributed by atoms with Crippen LogP contribution in [-0.2, 0) is 0 Å². The molecule has 1 aromatic heterocycles. The number of nitrogens with one attached hydrogen (secondary N) is 3. The van der Waals surface area contributed by atoms with Crippen LogP contribution in [0.5, 0.6) is 0 Å². The molecular weight excluding hydrogens is 354 g/mol. The van der Waals surface area contributed by atoms with E-state index in [2.05, 4.69) is 16.7 Å². The summed E-state index contributed by atoms with van der Waals surface area (Å²) < 4.78 is 5.69. The number of halogens is 1. The monoisotopic (exact) mass is 378 g/mol. The number of hydrogen-bond acceptors (Lipinski definition) is 2. The summed E-state index contributed by atoms with van der Waals surface area (Å²) in [6, 6.07) is 10.1. The predicted octanol–water partition coefficient (Wildman–Crippen LogP) is 3.34. The van der Waals surface area contributed by atoms with Gasteiger partial charge in [-0.3, -0.25) is 0 Å². The van der Waals surface area contributed by atoms with Gasteiger partial charge in [0.2, 0.25) is 0 Å². The SMILES string of the molecule is Cc1c(Cl)cccc1NC(=S)NC[C@@H](c1ccco1)[NH+]1CCCCC1. The first-order chi connectivity index (χ1) is 12.1. The minimum Gasteiger partial charge on any atom is -0.463 e. The molecule has 6 heteroatoms. The lowest BCUT2D eigenvalue weighted by molar-refractivity contribution is -0.936. The molecule has 0 aliphatic carbocycles. The van der Waals surface area contributed by atoms with Crippen LogP contribution in [0.15, 0.2) is 41.0 Å². The van der Waals surface area contributed by atoms with Gasteiger partial charge in [0.15, 0.2) is 16.9 Å². The highest BCUT2D eigenvalue weighted by Crippen LogP contribution is 2.22. The number of likely N-dealkylation sites (tertiary alicyclic amines) is 1. The Morgan fingerprint density at radius 3 is 2.76 bits per heavy atom. The van der Waals surface area contributed by atoms with Crippen LogP contribution in [0.2, 0.25) is 5.02 Å². The summed E-state index contributed by atoms with van der Waals surface area (Å²) in [6.07, 6.45) is 5.63. The van der Waals surface area contributed by atoms with Gasteiger partial charge in [0, 0.05) is 10.7 Å². The standard InChI is InChI=1S/C19H24ClN3OS/c1-14-15(20)7-5-8-16(14)22-19(25)21-13-17(18-9-6-12-24-18)23-10-3-2-4-11-23/h5-9,12,17H,2-4,10-11,13H2,1H3,(H2,21,22,25)/p+1/t17-/m0/s1. The van der Waals surface area contributed by atoms with E-state index in [0.717, 1.165) is 28.6 Å². The summed E-state index contributed by atoms with van der Waals surface area (Å²) in [4.78, 5) is 1.57. The third kappa shape index (κ3) is 4.75. The molecule has 134 valence electrons. The van der Waals surface area contributed by atoms with Crippen LogP contribution in [0.4, 0.5) is 5.69 Å². The summed E-state index contributed by atoms with van der Waals surface area (Å²) in [6.45, 7) is 5.09. The number of thiocarbonyl (C=S) groups is 1. The van der Waals surface area contributed by atoms with Crippen molar-refractivity contribution in [2.75, 3.05) is 25.0 Å². The van der Waals surface area contributed by atoms with Crippen molar-refractivity contribution in [2.45, 2.75) is 32.2 Å². The lowest BCUT2D eigenvalue weighted by Crippen LogP contribution is -3.13. The molecule has 2 aromatic rings. The third-order valence-corrected chi connectivity index (χ3v) is 5.51. The molecule has 1 aliphatic rings. The van der Waals surface area contributed by atoms with Crippen LogP contribution in [0.3, 0.4) is 0 Å². The molecule has 1 saturated heterocycles. The lowest BCUT2D eigenvalue weighted by atomic mass is 10.1. The number of furan rings is 1. The molecule has 1 aliphatic heterocycles. The second-order valence-corrected chi connectivity index (χ2v) is 7.35. The molecule has 0 spiro atoms. The Morgan fingerprint density at radius 2 is 2.04 bits per heavy atom. The molecule has 3 rings (SSSR count). The average Bonchev–Trinajstić information content (AvgIpc) is 3.14. The van der Waals surface area contributed by atoms with E-state index in [0.29, 0.717) is 5.11 Å². The minimum atomic E-state index is 0.274. The second-order valence-electron chi connectivity index (χ2n) is 6.53. The molecular formula is C19H25ClN3OS+. The molecule has 25 heavy (non-hydrogen) atoms. The molecule has 2 heterocycles. The third-order valence-electron chi connectivity index (χ3n) is 4.86. The predicted molar refractivity (Wildman–Crippen MR) is 106 cm³/mol. The van der Waals surface area contributed by atoms with E-state index in [-0.39, 0.29) is 6.04 Å². The zero-order valence-corrected chi connectivity index (χ0v) is 16.1. The zero-order chi connectivity index (χ0) is 17.6. The van der Waals surface area contributed by atoms with Crippen LogP contribution >= 0.6 is 23.8 Å². The van der Waals surface area contributed by atoms with E-state index in [1.54, 1.807) is 11.2 Å². The van der Waals surface area contributed by atoms with Crippen LogP contribution in [0, 0.1) is 6.92 Å². The van der Waals surface area contributed by atoms with Gasteiger partial charge in [0.25, 0.3) is 0 Å². The number of piperidine rings is 1. The highest BCUT2D eigenvalue weighted by atomic mass is 35.5. The van der Waals surface area contributed by atoms with Gasteiger partial charge in [-0.25, -0.2) is 0 Å². The number of benzene rings is 1. The zero-order valence-electron chi connectivity index (χ0n) is 14.5. The lowest BCUT2D eigenvalue weighted by Gasteiger charge is -2.30. The van der Waals surface area contributed by atoms with Crippen LogP contribution in [0.1, 0.15) is 36.6 Å². The van der Waals surface area contributed by atoms with Crippen molar-refractivity contribution in [1.82, 2.24) is 5.32 Å². The summed E-state index contributed by atoms with van der Waals surface area (Å²) in [5.74, 6) is 1.02. The van der Waals surface area contributed by atoms with Gasteiger partial charge in [-0.05, 0) is 68.2 Å². The Bertz CT molecular complexity index is 699. The molecule has 1 atom stereocenters. The Morgan fingerprint density at radius 1 is 1.24 bits per heavy atom. The van der Waals surface area contributed by atoms with E-state index in [1.165, 1.54) is 32.4 Å². The van der Waals surface area contributed by atoms with Gasteiger partial charge < -0.3 is 20.0 Å². The van der Waals surface area contributed by atoms with Crippen molar-refractivity contribution < 1.29 is 9.32 Å². The molecule has 0 saturated carbocycles. The maximum absolute atomic E-state index is 6.17. The van der Waals surface area contributed by atoms with Crippen molar-refractivity contribution in [1.29, 1.82) is 0 Å². The maximum atomic E-state index is 6.17. The maximum Gasteiger partial charge on any atom is 0.171 e. The number of hydrogen-bond donors (Lipinski definition) is 3. The molecule has 0 unspecified atom stereocenters. The van der Waals surface area contributed by atoms with E-state index in [9.17, 15) is 0 Å². The Balaban J connectivity index is 1.62. The van der Waals surface area contributed by atoms with Crippen LogP contribution < -0.4 is 15.5 Å². The first-order valence-electron chi connectivity index (χ1n) is 8.83. The molecule has 0 bridgehead atoms. The van der Waals surface area contributed by atoms with Gasteiger partial charge in [0.05, 0.1) is 25.9 Å². The van der Waals surface area contributed by atoms with E-state index in [4.69, 9.17) is 28.2 Å². The van der Waals surface area contributed by atoms with Gasteiger partial charge in [-0.2, -0.15) is 0 Å². The number of anilines is 1. The smallest absolute Gasteiger partial charge is 0.171 e. The highest BCUT2D eigenvalue weighted by molar-refractivity contribution is 7.80. The summed E-state index contributed by atoms with van der Waals surface area (Å²) in [5, 5.41) is 7.96. The number of rotatable bonds is 5. The van der Waals surface area contributed by atoms with E-state index in [1.807, 2.05) is 31.2 Å². The molecule has 0 amide bonds. The normalized spacial score (nSPS) is 16.4. The van der Waals surface area contributed by atoms with Crippen molar-refractivity contribution in [3.63, 3.8) is 0 Å². The molecule has 1 aromatic carbocycles. The van der Waals surface area contributed by atoms with E-state index < -0.39 is 0 Å². The van der Waals surface area contributed by atoms with E-state index >= 15 is 0 Å². The fourth-order valence-corrected chi connectivity index (χ4v) is 3.76. The van der Waals surface area contributed by atoms with Gasteiger partial charge in [-0.1, -0.05) is 17.7 Å². The largest absolute Gasteiger partial charge is 0.463 e. The Labute approximate surface area is 159 Å². The van der Waals surface area contributed by atoms with Crippen molar-refractivity contribution in [2.24, 2.45) is 0 Å². The molecule has 1 fully saturated rings. The van der Waals surface area contributed by atoms with Gasteiger partial charge >= 0.3 is 0 Å². The van der Waals surface area contributed by atoms with Gasteiger partial charge in [-0.15, -0.1) is 0 Å². The Hall–Kier alpha value is -1.56. The highest BCUT2D eigenvalue weighted by Gasteiger charge is 2.28. The summed E-state index contributed by atoms with van der Waals surface area (Å²) in [7, 11) is 0. The molecule has 0 radical (unpaired) electrons. The topological polar surface area (TPSA) is 41.6 Å². The minimum absolute atomic E-state index is 0.274. The Kier molecular flexibility index (Phi) is 6.34. The van der Waals surface area contributed by atoms with Crippen molar-refractivity contribution in [3.8, 4) is 0 Å². The van der Waals surface area contributed by atoms with Crippen molar-refractivity contribution in [3.05, 3.63) is 52.9 Å². The molecule has 4 nitrogen and oxygen atoms in total. The first kappa shape index (κ1) is 18.2. The second kappa shape index (κ2) is 8.70. The average molecular weight is 379 g/mol. The fraction of sp³-hybridized carbons (Fsp3) is 0.421. The van der Waals surface area contributed by atoms with Crippen LogP contribution in [-0.4, -0.2) is 24.7 Å². The molecule has 3 N–H and O–H groups in total.